The smallest absolute Gasteiger partial charge is 0.0817 e. The topological polar surface area (TPSA) is 12.9 Å². The minimum Gasteiger partial charge on any atom is -0.256 e. The highest BCUT2D eigenvalue weighted by molar-refractivity contribution is 6.17. The normalized spacial score (nSPS) is 12.8. The van der Waals surface area contributed by atoms with E-state index in [9.17, 15) is 0 Å². The van der Waals surface area contributed by atoms with E-state index in [1.165, 1.54) is 0 Å². The standard InChI is InChI=1S/C31H39B2N/c1-20(2)30(32,21(3)4)27-16-26(17-28(19-27)31(33,22(5)6)23(7)8)25-14-15-34-29(18-25)24-12-10-9-11-13-24/h9-23H,1-8H3. The summed E-state index contributed by atoms with van der Waals surface area (Å²) in [7, 11) is 14.4. The van der Waals surface area contributed by atoms with Crippen molar-refractivity contribution in [3.05, 3.63) is 78.0 Å². The van der Waals surface area contributed by atoms with Crippen LogP contribution in [0.1, 0.15) is 66.5 Å². The summed E-state index contributed by atoms with van der Waals surface area (Å²) in [6.45, 7) is 17.7. The molecule has 0 atom stereocenters. The Morgan fingerprint density at radius 3 is 1.47 bits per heavy atom. The molecule has 0 unspecified atom stereocenters. The van der Waals surface area contributed by atoms with Crippen LogP contribution in [0.4, 0.5) is 0 Å². The predicted octanol–water partition coefficient (Wildman–Crippen LogP) is 7.77. The Labute approximate surface area is 210 Å². The van der Waals surface area contributed by atoms with Crippen LogP contribution in [-0.2, 0) is 10.6 Å². The predicted molar refractivity (Wildman–Crippen MR) is 149 cm³/mol. The van der Waals surface area contributed by atoms with Crippen LogP contribution < -0.4 is 0 Å². The lowest BCUT2D eigenvalue weighted by Crippen LogP contribution is -2.41. The second kappa shape index (κ2) is 10.1. The van der Waals surface area contributed by atoms with Crippen molar-refractivity contribution >= 4 is 15.7 Å². The van der Waals surface area contributed by atoms with E-state index in [2.05, 4.69) is 103 Å². The summed E-state index contributed by atoms with van der Waals surface area (Å²) in [6.07, 6.45) is 1.89. The van der Waals surface area contributed by atoms with E-state index in [4.69, 9.17) is 15.7 Å². The summed E-state index contributed by atoms with van der Waals surface area (Å²) in [6, 6.07) is 21.4. The summed E-state index contributed by atoms with van der Waals surface area (Å²) < 4.78 is 0. The Kier molecular flexibility index (Phi) is 7.85. The first-order valence-corrected chi connectivity index (χ1v) is 12.7. The molecule has 1 heterocycles. The summed E-state index contributed by atoms with van der Waals surface area (Å²) in [4.78, 5) is 4.64. The molecule has 2 aromatic carbocycles. The van der Waals surface area contributed by atoms with Crippen molar-refractivity contribution < 1.29 is 0 Å². The van der Waals surface area contributed by atoms with Gasteiger partial charge in [-0.3, -0.25) is 4.98 Å². The first-order valence-electron chi connectivity index (χ1n) is 12.7. The molecule has 0 aliphatic carbocycles. The highest BCUT2D eigenvalue weighted by Crippen LogP contribution is 2.43. The minimum atomic E-state index is -0.463. The van der Waals surface area contributed by atoms with Gasteiger partial charge in [-0.15, -0.1) is 0 Å². The summed E-state index contributed by atoms with van der Waals surface area (Å²) >= 11 is 0. The zero-order valence-corrected chi connectivity index (χ0v) is 22.3. The molecule has 34 heavy (non-hydrogen) atoms. The SMILES string of the molecule is [B]C(c1cc(-c2ccnc(-c3ccccc3)c2)cc(C([B])(C(C)C)C(C)C)c1)(C(C)C)C(C)C. The Balaban J connectivity index is 2.30. The highest BCUT2D eigenvalue weighted by atomic mass is 14.7. The minimum absolute atomic E-state index is 0.276. The maximum atomic E-state index is 7.18. The van der Waals surface area contributed by atoms with Crippen molar-refractivity contribution in [3.8, 4) is 22.4 Å². The molecular formula is C31H39B2N. The monoisotopic (exact) mass is 447 g/mol. The molecule has 0 bridgehead atoms. The van der Waals surface area contributed by atoms with Crippen molar-refractivity contribution in [1.29, 1.82) is 0 Å². The molecule has 0 fully saturated rings. The Hall–Kier alpha value is -2.28. The molecular weight excluding hydrogens is 408 g/mol. The van der Waals surface area contributed by atoms with Gasteiger partial charge < -0.3 is 0 Å². The fourth-order valence-electron chi connectivity index (χ4n) is 5.34. The Morgan fingerprint density at radius 1 is 0.559 bits per heavy atom. The van der Waals surface area contributed by atoms with E-state index < -0.39 is 10.6 Å². The van der Waals surface area contributed by atoms with Gasteiger partial charge in [0, 0.05) is 11.8 Å². The van der Waals surface area contributed by atoms with E-state index in [1.54, 1.807) is 0 Å². The van der Waals surface area contributed by atoms with Gasteiger partial charge in [0.2, 0.25) is 0 Å². The number of benzene rings is 2. The van der Waals surface area contributed by atoms with Crippen LogP contribution in [0.2, 0.25) is 0 Å². The first kappa shape index (κ1) is 26.3. The van der Waals surface area contributed by atoms with Crippen molar-refractivity contribution in [3.63, 3.8) is 0 Å². The van der Waals surface area contributed by atoms with Crippen molar-refractivity contribution in [2.45, 2.75) is 66.0 Å². The Morgan fingerprint density at radius 2 is 1.03 bits per heavy atom. The molecule has 3 heteroatoms. The second-order valence-corrected chi connectivity index (χ2v) is 11.1. The molecule has 3 rings (SSSR count). The van der Waals surface area contributed by atoms with Gasteiger partial charge in [-0.1, -0.05) is 104 Å². The third-order valence-electron chi connectivity index (χ3n) is 7.92. The number of aromatic nitrogens is 1. The molecule has 0 saturated carbocycles. The van der Waals surface area contributed by atoms with Gasteiger partial charge in [-0.2, -0.15) is 0 Å². The maximum absolute atomic E-state index is 7.18. The van der Waals surface area contributed by atoms with Crippen LogP contribution in [0.5, 0.6) is 0 Å². The fourth-order valence-corrected chi connectivity index (χ4v) is 5.34. The highest BCUT2D eigenvalue weighted by Gasteiger charge is 2.37. The zero-order chi connectivity index (χ0) is 25.3. The molecule has 4 radical (unpaired) electrons. The summed E-state index contributed by atoms with van der Waals surface area (Å²) in [5, 5.41) is -0.927. The Bertz CT molecular complexity index is 1040. The number of pyridine rings is 1. The lowest BCUT2D eigenvalue weighted by atomic mass is 9.49. The molecule has 0 aliphatic rings. The molecule has 3 aromatic rings. The average molecular weight is 447 g/mol. The largest absolute Gasteiger partial charge is 0.256 e. The van der Waals surface area contributed by atoms with E-state index in [0.717, 1.165) is 33.5 Å². The molecule has 0 saturated heterocycles. The lowest BCUT2D eigenvalue weighted by Gasteiger charge is -2.43. The summed E-state index contributed by atoms with van der Waals surface area (Å²) in [5.74, 6) is 1.10. The van der Waals surface area contributed by atoms with Crippen molar-refractivity contribution in [1.82, 2.24) is 4.98 Å². The molecule has 174 valence electrons. The average Bonchev–Trinajstić information content (AvgIpc) is 2.82. The van der Waals surface area contributed by atoms with Gasteiger partial charge in [-0.25, -0.2) is 0 Å². The second-order valence-electron chi connectivity index (χ2n) is 11.1. The van der Waals surface area contributed by atoms with Gasteiger partial charge in [0.05, 0.1) is 21.4 Å². The van der Waals surface area contributed by atoms with Gasteiger partial charge in [0.15, 0.2) is 0 Å². The number of hydrogen-bond donors (Lipinski definition) is 0. The maximum Gasteiger partial charge on any atom is 0.0817 e. The third kappa shape index (κ3) is 4.77. The van der Waals surface area contributed by atoms with E-state index in [1.807, 2.05) is 24.4 Å². The molecule has 0 amide bonds. The van der Waals surface area contributed by atoms with Crippen LogP contribution in [-0.4, -0.2) is 20.7 Å². The van der Waals surface area contributed by atoms with Gasteiger partial charge in [0.25, 0.3) is 0 Å². The van der Waals surface area contributed by atoms with Crippen molar-refractivity contribution in [2.75, 3.05) is 0 Å². The molecule has 0 aliphatic heterocycles. The van der Waals surface area contributed by atoms with E-state index in [0.29, 0.717) is 0 Å². The van der Waals surface area contributed by atoms with Crippen molar-refractivity contribution in [2.24, 2.45) is 23.7 Å². The van der Waals surface area contributed by atoms with Gasteiger partial charge in [0.1, 0.15) is 0 Å². The van der Waals surface area contributed by atoms with Crippen LogP contribution in [0.25, 0.3) is 22.4 Å². The van der Waals surface area contributed by atoms with Crippen LogP contribution in [0.3, 0.4) is 0 Å². The van der Waals surface area contributed by atoms with Gasteiger partial charge >= 0.3 is 0 Å². The number of hydrogen-bond acceptors (Lipinski definition) is 1. The van der Waals surface area contributed by atoms with Gasteiger partial charge in [-0.05, 0) is 68.7 Å². The quantitative estimate of drug-likeness (QED) is 0.322. The van der Waals surface area contributed by atoms with Crippen LogP contribution in [0, 0.1) is 23.7 Å². The molecule has 1 aromatic heterocycles. The third-order valence-corrected chi connectivity index (χ3v) is 7.92. The first-order chi connectivity index (χ1) is 15.9. The summed E-state index contributed by atoms with van der Waals surface area (Å²) in [5.41, 5.74) is 6.64. The van der Waals surface area contributed by atoms with E-state index >= 15 is 0 Å². The molecule has 1 nitrogen and oxygen atoms in total. The molecule has 0 spiro atoms. The fraction of sp³-hybridized carbons (Fsp3) is 0.452. The van der Waals surface area contributed by atoms with Crippen LogP contribution in [0.15, 0.2) is 66.9 Å². The lowest BCUT2D eigenvalue weighted by molar-refractivity contribution is 0.321. The zero-order valence-electron chi connectivity index (χ0n) is 22.3. The molecule has 0 N–H and O–H groups in total. The van der Waals surface area contributed by atoms with E-state index in [-0.39, 0.29) is 23.7 Å². The number of rotatable bonds is 8. The van der Waals surface area contributed by atoms with Crippen LogP contribution >= 0.6 is 0 Å². The number of nitrogens with zero attached hydrogens (tertiary/aromatic N) is 1.